The fraction of sp³-hybridized carbons (Fsp3) is 0.206. The zero-order valence-electron chi connectivity index (χ0n) is 24.1. The largest absolute Gasteiger partial charge is 0.438 e. The van der Waals surface area contributed by atoms with Gasteiger partial charge >= 0.3 is 0 Å². The summed E-state index contributed by atoms with van der Waals surface area (Å²) in [5, 5.41) is 8.43. The molecular weight excluding hydrogens is 524 g/mol. The Morgan fingerprint density at radius 1 is 0.833 bits per heavy atom. The van der Waals surface area contributed by atoms with E-state index < -0.39 is 0 Å². The Hall–Kier alpha value is -4.95. The number of nitrogens with zero attached hydrogens (tertiary/aromatic N) is 4. The Morgan fingerprint density at radius 2 is 1.55 bits per heavy atom. The van der Waals surface area contributed by atoms with Crippen molar-refractivity contribution in [2.75, 3.05) is 48.8 Å². The fourth-order valence-electron chi connectivity index (χ4n) is 5.14. The number of ether oxygens (including phenoxy) is 1. The number of amides is 1. The average Bonchev–Trinajstić information content (AvgIpc) is 3.00. The average molecular weight is 559 g/mol. The van der Waals surface area contributed by atoms with Crippen LogP contribution in [0.3, 0.4) is 0 Å². The number of aryl methyl sites for hydroxylation is 2. The molecule has 0 unspecified atom stereocenters. The summed E-state index contributed by atoms with van der Waals surface area (Å²) < 4.78 is 6.26. The van der Waals surface area contributed by atoms with Crippen molar-refractivity contribution in [2.24, 2.45) is 0 Å². The van der Waals surface area contributed by atoms with E-state index in [0.29, 0.717) is 11.7 Å². The standard InChI is InChI=1S/C34H34N6O2/c1-23-7-6-8-24(2)31(23)37-32(41)30-22-35-34(36-27-12-14-28(15-13-27)40-19-17-39(3)18-20-40)38-33(30)42-29-16-11-25-9-4-5-10-26(25)21-29/h4-16,21-22H,17-20H2,1-3H3,(H,37,41)(H,35,36,38). The molecule has 1 fully saturated rings. The minimum atomic E-state index is -0.341. The molecule has 1 saturated heterocycles. The number of carbonyl (C=O) groups is 1. The molecule has 1 amide bonds. The van der Waals surface area contributed by atoms with Gasteiger partial charge in [-0.3, -0.25) is 4.79 Å². The van der Waals surface area contributed by atoms with Crippen molar-refractivity contribution in [3.8, 4) is 11.6 Å². The van der Waals surface area contributed by atoms with E-state index in [1.165, 1.54) is 11.9 Å². The molecule has 1 aliphatic rings. The lowest BCUT2D eigenvalue weighted by Crippen LogP contribution is -2.44. The zero-order valence-corrected chi connectivity index (χ0v) is 24.1. The molecule has 5 aromatic rings. The number of anilines is 4. The number of rotatable bonds is 7. The SMILES string of the molecule is Cc1cccc(C)c1NC(=O)c1cnc(Nc2ccc(N3CCN(C)CC3)cc2)nc1Oc1ccc2ccccc2c1. The maximum absolute atomic E-state index is 13.5. The number of carbonyl (C=O) groups excluding carboxylic acids is 1. The van der Waals surface area contributed by atoms with Gasteiger partial charge < -0.3 is 25.2 Å². The molecule has 1 aliphatic heterocycles. The summed E-state index contributed by atoms with van der Waals surface area (Å²) >= 11 is 0. The predicted molar refractivity (Wildman–Crippen MR) is 169 cm³/mol. The Kier molecular flexibility index (Phi) is 7.70. The van der Waals surface area contributed by atoms with Crippen LogP contribution in [0, 0.1) is 13.8 Å². The fourth-order valence-corrected chi connectivity index (χ4v) is 5.14. The van der Waals surface area contributed by atoms with E-state index in [2.05, 4.69) is 49.6 Å². The molecule has 0 spiro atoms. The van der Waals surface area contributed by atoms with Crippen LogP contribution in [0.5, 0.6) is 11.6 Å². The molecule has 8 nitrogen and oxygen atoms in total. The number of para-hydroxylation sites is 1. The van der Waals surface area contributed by atoms with E-state index in [9.17, 15) is 4.79 Å². The smallest absolute Gasteiger partial charge is 0.262 e. The summed E-state index contributed by atoms with van der Waals surface area (Å²) in [5.74, 6) is 0.740. The molecule has 2 heterocycles. The quantitative estimate of drug-likeness (QED) is 0.228. The summed E-state index contributed by atoms with van der Waals surface area (Å²) in [6.45, 7) is 8.05. The number of hydrogen-bond donors (Lipinski definition) is 2. The molecule has 0 atom stereocenters. The van der Waals surface area contributed by atoms with Crippen LogP contribution in [-0.2, 0) is 0 Å². The van der Waals surface area contributed by atoms with Gasteiger partial charge in [-0.15, -0.1) is 0 Å². The van der Waals surface area contributed by atoms with Crippen LogP contribution in [0.4, 0.5) is 23.0 Å². The molecular formula is C34H34N6O2. The van der Waals surface area contributed by atoms with Crippen LogP contribution < -0.4 is 20.3 Å². The number of benzene rings is 4. The van der Waals surface area contributed by atoms with Gasteiger partial charge in [0.25, 0.3) is 5.91 Å². The molecule has 2 N–H and O–H groups in total. The molecule has 6 rings (SSSR count). The third-order valence-corrected chi connectivity index (χ3v) is 7.65. The number of piperazine rings is 1. The summed E-state index contributed by atoms with van der Waals surface area (Å²) in [7, 11) is 2.15. The van der Waals surface area contributed by atoms with Crippen molar-refractivity contribution in [1.82, 2.24) is 14.9 Å². The highest BCUT2D eigenvalue weighted by molar-refractivity contribution is 6.06. The molecule has 0 aliphatic carbocycles. The van der Waals surface area contributed by atoms with Gasteiger partial charge in [0.15, 0.2) is 0 Å². The minimum Gasteiger partial charge on any atom is -0.438 e. The number of aromatic nitrogens is 2. The Balaban J connectivity index is 1.28. The molecule has 212 valence electrons. The second kappa shape index (κ2) is 11.9. The molecule has 0 radical (unpaired) electrons. The monoisotopic (exact) mass is 558 g/mol. The van der Waals surface area contributed by atoms with Crippen LogP contribution in [-0.4, -0.2) is 54.0 Å². The summed E-state index contributed by atoms with van der Waals surface area (Å²) in [6, 6.07) is 28.0. The molecule has 1 aromatic heterocycles. The molecule has 42 heavy (non-hydrogen) atoms. The first kappa shape index (κ1) is 27.2. The number of likely N-dealkylation sites (N-methyl/N-ethyl adjacent to an activating group) is 1. The maximum atomic E-state index is 13.5. The topological polar surface area (TPSA) is 82.6 Å². The zero-order chi connectivity index (χ0) is 29.1. The van der Waals surface area contributed by atoms with Crippen LogP contribution in [0.25, 0.3) is 10.8 Å². The van der Waals surface area contributed by atoms with Gasteiger partial charge in [0.1, 0.15) is 11.3 Å². The summed E-state index contributed by atoms with van der Waals surface area (Å²) in [4.78, 5) is 27.4. The number of hydrogen-bond acceptors (Lipinski definition) is 7. The van der Waals surface area contributed by atoms with Gasteiger partial charge in [0, 0.05) is 49.4 Å². The second-order valence-electron chi connectivity index (χ2n) is 10.7. The van der Waals surface area contributed by atoms with Crippen molar-refractivity contribution < 1.29 is 9.53 Å². The van der Waals surface area contributed by atoms with Gasteiger partial charge in [-0.2, -0.15) is 4.98 Å². The molecule has 4 aromatic carbocycles. The summed E-state index contributed by atoms with van der Waals surface area (Å²) in [5.41, 5.74) is 4.98. The highest BCUT2D eigenvalue weighted by atomic mass is 16.5. The lowest BCUT2D eigenvalue weighted by atomic mass is 10.1. The minimum absolute atomic E-state index is 0.167. The first-order chi connectivity index (χ1) is 20.4. The van der Waals surface area contributed by atoms with Crippen molar-refractivity contribution in [2.45, 2.75) is 13.8 Å². The molecule has 0 saturated carbocycles. The highest BCUT2D eigenvalue weighted by Crippen LogP contribution is 2.30. The Morgan fingerprint density at radius 3 is 2.29 bits per heavy atom. The number of fused-ring (bicyclic) bond motifs is 1. The van der Waals surface area contributed by atoms with Gasteiger partial charge in [0.05, 0.1) is 0 Å². The van der Waals surface area contributed by atoms with Crippen LogP contribution in [0.2, 0.25) is 0 Å². The second-order valence-corrected chi connectivity index (χ2v) is 10.7. The van der Waals surface area contributed by atoms with Crippen molar-refractivity contribution in [3.63, 3.8) is 0 Å². The van der Waals surface area contributed by atoms with Crippen LogP contribution in [0.1, 0.15) is 21.5 Å². The normalized spacial score (nSPS) is 13.6. The van der Waals surface area contributed by atoms with E-state index in [1.54, 1.807) is 0 Å². The first-order valence-electron chi connectivity index (χ1n) is 14.1. The third-order valence-electron chi connectivity index (χ3n) is 7.65. The van der Waals surface area contributed by atoms with Crippen molar-refractivity contribution in [3.05, 3.63) is 108 Å². The highest BCUT2D eigenvalue weighted by Gasteiger charge is 2.20. The van der Waals surface area contributed by atoms with Crippen molar-refractivity contribution in [1.29, 1.82) is 0 Å². The Labute approximate surface area is 246 Å². The first-order valence-corrected chi connectivity index (χ1v) is 14.1. The Bertz CT molecular complexity index is 1710. The number of nitrogens with one attached hydrogen (secondary N) is 2. The molecule has 0 bridgehead atoms. The van der Waals surface area contributed by atoms with E-state index in [0.717, 1.165) is 59.5 Å². The molecule has 8 heteroatoms. The van der Waals surface area contributed by atoms with Crippen molar-refractivity contribution >= 4 is 39.7 Å². The van der Waals surface area contributed by atoms with Gasteiger partial charge in [-0.1, -0.05) is 48.5 Å². The lowest BCUT2D eigenvalue weighted by Gasteiger charge is -2.34. The van der Waals surface area contributed by atoms with E-state index in [4.69, 9.17) is 4.74 Å². The predicted octanol–water partition coefficient (Wildman–Crippen LogP) is 6.79. The van der Waals surface area contributed by atoms with Crippen LogP contribution >= 0.6 is 0 Å². The van der Waals surface area contributed by atoms with E-state index in [1.807, 2.05) is 86.6 Å². The summed E-state index contributed by atoms with van der Waals surface area (Å²) in [6.07, 6.45) is 1.51. The maximum Gasteiger partial charge on any atom is 0.262 e. The van der Waals surface area contributed by atoms with Gasteiger partial charge in [-0.05, 0) is 79.2 Å². The van der Waals surface area contributed by atoms with Gasteiger partial charge in [-0.25, -0.2) is 4.98 Å². The van der Waals surface area contributed by atoms with E-state index in [-0.39, 0.29) is 17.4 Å². The third kappa shape index (κ3) is 6.04. The lowest BCUT2D eigenvalue weighted by molar-refractivity contribution is 0.102. The van der Waals surface area contributed by atoms with E-state index >= 15 is 0 Å². The van der Waals surface area contributed by atoms with Crippen LogP contribution in [0.15, 0.2) is 91.1 Å². The van der Waals surface area contributed by atoms with Gasteiger partial charge in [0.2, 0.25) is 11.8 Å².